The smallest absolute Gasteiger partial charge is 0.309 e. The Balaban J connectivity index is 1.15. The highest BCUT2D eigenvalue weighted by molar-refractivity contribution is 9.12. The number of rotatable bonds is 5. The lowest BCUT2D eigenvalue weighted by molar-refractivity contribution is -0.149. The molecule has 0 aromatic heterocycles. The average Bonchev–Trinajstić information content (AvgIpc) is 3.42. The van der Waals surface area contributed by atoms with Crippen LogP contribution in [0.2, 0.25) is 10.0 Å². The van der Waals surface area contributed by atoms with E-state index in [1.54, 1.807) is 6.07 Å². The standard InChI is InChI=1S/C24H23Br2Cl2NO5/c25-20-14-8-15(21(20)26)19-18(14)22(31)29(23(19)32)12-4-1-10(2-5-12)24(33)34-9-17(30)13-6-3-11(27)7-16(13)28/h3,6-7,10,12,14-15,18-21H,1-2,4-5,8-9H2/t10?,12?,14-,15-,18-,19+,20-,21+/m1/s1. The molecule has 1 saturated heterocycles. The van der Waals surface area contributed by atoms with E-state index < -0.39 is 18.4 Å². The van der Waals surface area contributed by atoms with Crippen LogP contribution in [0.25, 0.3) is 0 Å². The first-order valence-corrected chi connectivity index (χ1v) is 14.1. The summed E-state index contributed by atoms with van der Waals surface area (Å²) in [6.07, 6.45) is 3.07. The number of esters is 1. The molecule has 6 atom stereocenters. The minimum absolute atomic E-state index is 0.0391. The van der Waals surface area contributed by atoms with Gasteiger partial charge in [-0.25, -0.2) is 0 Å². The van der Waals surface area contributed by atoms with Gasteiger partial charge in [-0.1, -0.05) is 55.1 Å². The van der Waals surface area contributed by atoms with Crippen LogP contribution in [-0.4, -0.2) is 50.8 Å². The van der Waals surface area contributed by atoms with E-state index in [1.807, 2.05) is 0 Å². The summed E-state index contributed by atoms with van der Waals surface area (Å²) in [5, 5.41) is 0.630. The number of halogens is 4. The van der Waals surface area contributed by atoms with Gasteiger partial charge in [0.1, 0.15) is 0 Å². The molecule has 6 nitrogen and oxygen atoms in total. The Morgan fingerprint density at radius 1 is 0.971 bits per heavy atom. The third-order valence-corrected chi connectivity index (χ3v) is 11.7. The second kappa shape index (κ2) is 9.49. The van der Waals surface area contributed by atoms with Crippen LogP contribution in [0, 0.1) is 29.6 Å². The van der Waals surface area contributed by atoms with Crippen molar-refractivity contribution in [2.24, 2.45) is 29.6 Å². The summed E-state index contributed by atoms with van der Waals surface area (Å²) < 4.78 is 5.27. The number of Topliss-reactive ketones (excluding diaryl/α,β-unsaturated/α-hetero) is 1. The number of hydrogen-bond acceptors (Lipinski definition) is 5. The molecule has 1 heterocycles. The van der Waals surface area contributed by atoms with Crippen LogP contribution in [0.4, 0.5) is 0 Å². The lowest BCUT2D eigenvalue weighted by Gasteiger charge is -2.33. The average molecular weight is 636 g/mol. The van der Waals surface area contributed by atoms with Crippen molar-refractivity contribution in [3.8, 4) is 0 Å². The molecule has 4 fully saturated rings. The van der Waals surface area contributed by atoms with Crippen LogP contribution < -0.4 is 0 Å². The van der Waals surface area contributed by atoms with Crippen molar-refractivity contribution in [2.45, 2.75) is 47.8 Å². The van der Waals surface area contributed by atoms with E-state index in [0.29, 0.717) is 30.7 Å². The SMILES string of the molecule is O=C(COC(=O)C1CCC(N2C(=O)[C@@H]3[C@H]4C[C@@H]([C@H](Br)[C@@H]4Br)[C@@H]3C2=O)CC1)c1ccc(Cl)cc1Cl. The van der Waals surface area contributed by atoms with E-state index in [4.69, 9.17) is 27.9 Å². The molecule has 1 aromatic carbocycles. The Hall–Kier alpha value is -0.960. The van der Waals surface area contributed by atoms with Crippen molar-refractivity contribution in [1.29, 1.82) is 0 Å². The van der Waals surface area contributed by atoms with Gasteiger partial charge >= 0.3 is 5.97 Å². The molecule has 182 valence electrons. The van der Waals surface area contributed by atoms with Gasteiger partial charge in [0.25, 0.3) is 0 Å². The maximum atomic E-state index is 13.2. The Labute approximate surface area is 224 Å². The van der Waals surface area contributed by atoms with Crippen molar-refractivity contribution in [1.82, 2.24) is 4.90 Å². The number of carbonyl (C=O) groups excluding carboxylic acids is 4. The topological polar surface area (TPSA) is 80.8 Å². The number of alkyl halides is 2. The van der Waals surface area contributed by atoms with Crippen molar-refractivity contribution in [2.75, 3.05) is 6.61 Å². The summed E-state index contributed by atoms with van der Waals surface area (Å²) in [6.45, 7) is -0.392. The first-order valence-electron chi connectivity index (χ1n) is 11.5. The Morgan fingerprint density at radius 3 is 2.12 bits per heavy atom. The number of imide groups is 1. The molecule has 0 N–H and O–H groups in total. The van der Waals surface area contributed by atoms with Gasteiger partial charge < -0.3 is 4.74 Å². The molecule has 1 aliphatic heterocycles. The molecule has 5 rings (SSSR count). The highest BCUT2D eigenvalue weighted by atomic mass is 79.9. The normalized spacial score (nSPS) is 36.6. The van der Waals surface area contributed by atoms with Gasteiger partial charge in [-0.15, -0.1) is 0 Å². The van der Waals surface area contributed by atoms with Crippen LogP contribution in [0.15, 0.2) is 18.2 Å². The van der Waals surface area contributed by atoms with Crippen LogP contribution in [0.5, 0.6) is 0 Å². The fourth-order valence-electron chi connectivity index (χ4n) is 6.35. The highest BCUT2D eigenvalue weighted by Gasteiger charge is 2.67. The van der Waals surface area contributed by atoms with Crippen molar-refractivity contribution >= 4 is 78.6 Å². The molecule has 2 bridgehead atoms. The summed E-state index contributed by atoms with van der Waals surface area (Å²) in [6, 6.07) is 4.36. The largest absolute Gasteiger partial charge is 0.457 e. The van der Waals surface area contributed by atoms with E-state index >= 15 is 0 Å². The van der Waals surface area contributed by atoms with E-state index in [1.165, 1.54) is 17.0 Å². The zero-order valence-corrected chi connectivity index (χ0v) is 22.8. The van der Waals surface area contributed by atoms with E-state index in [0.717, 1.165) is 6.42 Å². The third-order valence-electron chi connectivity index (χ3n) is 7.99. The number of likely N-dealkylation sites (tertiary alicyclic amines) is 1. The maximum Gasteiger partial charge on any atom is 0.309 e. The molecule has 34 heavy (non-hydrogen) atoms. The number of benzene rings is 1. The quantitative estimate of drug-likeness (QED) is 0.196. The fraction of sp³-hybridized carbons (Fsp3) is 0.583. The van der Waals surface area contributed by atoms with Crippen LogP contribution >= 0.6 is 55.1 Å². The molecule has 2 amide bonds. The summed E-state index contributed by atoms with van der Waals surface area (Å²) >= 11 is 19.3. The van der Waals surface area contributed by atoms with Crippen molar-refractivity contribution in [3.63, 3.8) is 0 Å². The second-order valence-electron chi connectivity index (χ2n) is 9.71. The maximum absolute atomic E-state index is 13.2. The molecule has 3 aliphatic carbocycles. The molecule has 0 spiro atoms. The van der Waals surface area contributed by atoms with Gasteiger partial charge in [0.2, 0.25) is 17.6 Å². The zero-order valence-electron chi connectivity index (χ0n) is 18.1. The molecule has 1 aromatic rings. The number of carbonyl (C=O) groups is 4. The molecule has 0 unspecified atom stereocenters. The van der Waals surface area contributed by atoms with Gasteiger partial charge in [0.05, 0.1) is 22.8 Å². The minimum Gasteiger partial charge on any atom is -0.457 e. The number of nitrogens with zero attached hydrogens (tertiary/aromatic N) is 1. The zero-order chi connectivity index (χ0) is 24.3. The number of amides is 2. The van der Waals surface area contributed by atoms with Gasteiger partial charge in [0, 0.05) is 26.3 Å². The van der Waals surface area contributed by atoms with Crippen LogP contribution in [-0.2, 0) is 19.1 Å². The minimum atomic E-state index is -0.435. The summed E-state index contributed by atoms with van der Waals surface area (Å²) in [5.74, 6) is -1.31. The molecular weight excluding hydrogens is 613 g/mol. The van der Waals surface area contributed by atoms with E-state index in [-0.39, 0.29) is 67.7 Å². The number of hydrogen-bond donors (Lipinski definition) is 0. The predicted molar refractivity (Wildman–Crippen MR) is 133 cm³/mol. The van der Waals surface area contributed by atoms with Crippen LogP contribution in [0.3, 0.4) is 0 Å². The monoisotopic (exact) mass is 633 g/mol. The number of ketones is 1. The van der Waals surface area contributed by atoms with Gasteiger partial charge in [-0.2, -0.15) is 0 Å². The number of ether oxygens (including phenoxy) is 1. The van der Waals surface area contributed by atoms with Gasteiger partial charge in [-0.3, -0.25) is 24.1 Å². The van der Waals surface area contributed by atoms with Crippen molar-refractivity contribution < 1.29 is 23.9 Å². The van der Waals surface area contributed by atoms with Gasteiger partial charge in [0.15, 0.2) is 6.61 Å². The Morgan fingerprint density at radius 2 is 1.56 bits per heavy atom. The first kappa shape index (κ1) is 24.7. The molecule has 0 radical (unpaired) electrons. The summed E-state index contributed by atoms with van der Waals surface area (Å²) in [5.41, 5.74) is 0.254. The number of fused-ring (bicyclic) bond motifs is 5. The molecular formula is C24H23Br2Cl2NO5. The second-order valence-corrected chi connectivity index (χ2v) is 12.7. The highest BCUT2D eigenvalue weighted by Crippen LogP contribution is 2.60. The Bertz CT molecular complexity index is 1030. The third kappa shape index (κ3) is 4.06. The Kier molecular flexibility index (Phi) is 6.90. The molecule has 10 heteroatoms. The first-order chi connectivity index (χ1) is 16.2. The fourth-order valence-corrected chi connectivity index (χ4v) is 8.74. The van der Waals surface area contributed by atoms with Crippen LogP contribution in [0.1, 0.15) is 42.5 Å². The summed E-state index contributed by atoms with van der Waals surface area (Å²) in [4.78, 5) is 53.3. The molecule has 3 saturated carbocycles. The predicted octanol–water partition coefficient (Wildman–Crippen LogP) is 5.06. The lowest BCUT2D eigenvalue weighted by atomic mass is 9.81. The lowest BCUT2D eigenvalue weighted by Crippen LogP contribution is -2.44. The van der Waals surface area contributed by atoms with Crippen molar-refractivity contribution in [3.05, 3.63) is 33.8 Å². The van der Waals surface area contributed by atoms with E-state index in [2.05, 4.69) is 31.9 Å². The molecule has 4 aliphatic rings. The summed E-state index contributed by atoms with van der Waals surface area (Å²) in [7, 11) is 0. The van der Waals surface area contributed by atoms with Gasteiger partial charge in [-0.05, 0) is 62.1 Å². The van der Waals surface area contributed by atoms with E-state index in [9.17, 15) is 19.2 Å².